The predicted molar refractivity (Wildman–Crippen MR) is 100 cm³/mol. The first-order chi connectivity index (χ1) is 9.83. The number of fused-ring (bicyclic) bond motifs is 2. The standard InChI is InChI=1S/C20H15.2CH3.Ti/c1-14-12-16-8-5-11-19(20(16)13-14)18-10-4-7-15-6-2-3-9-17(15)18;;;/h2-13H,1H3;2*1H3;/q3*-1;+3. The number of hydrogen-bond donors (Lipinski definition) is 0. The first-order valence-corrected chi connectivity index (χ1v) is 6.97. The summed E-state index contributed by atoms with van der Waals surface area (Å²) in [6, 6.07) is 26.2. The molecule has 113 valence electrons. The summed E-state index contributed by atoms with van der Waals surface area (Å²) >= 11 is 0. The maximum Gasteiger partial charge on any atom is 3.00 e. The minimum absolute atomic E-state index is 0. The zero-order valence-corrected chi connectivity index (χ0v) is 15.5. The van der Waals surface area contributed by atoms with Crippen LogP contribution in [-0.4, -0.2) is 0 Å². The fourth-order valence-electron chi connectivity index (χ4n) is 3.08. The van der Waals surface area contributed by atoms with Gasteiger partial charge in [-0.1, -0.05) is 61.0 Å². The Balaban J connectivity index is 0.000000882. The summed E-state index contributed by atoms with van der Waals surface area (Å²) in [6.07, 6.45) is 0. The third-order valence-corrected chi connectivity index (χ3v) is 3.97. The molecule has 0 saturated carbocycles. The Labute approximate surface area is 154 Å². The van der Waals surface area contributed by atoms with Gasteiger partial charge in [0, 0.05) is 0 Å². The molecule has 4 aromatic rings. The Hall–Kier alpha value is -1.76. The van der Waals surface area contributed by atoms with Gasteiger partial charge in [0.25, 0.3) is 0 Å². The number of hydrogen-bond acceptors (Lipinski definition) is 0. The Morgan fingerprint density at radius 1 is 0.696 bits per heavy atom. The van der Waals surface area contributed by atoms with Crippen LogP contribution in [0.25, 0.3) is 32.7 Å². The molecule has 0 fully saturated rings. The van der Waals surface area contributed by atoms with Crippen LogP contribution in [-0.2, 0) is 21.7 Å². The Morgan fingerprint density at radius 3 is 2.09 bits per heavy atom. The molecule has 0 aliphatic rings. The molecule has 0 heterocycles. The van der Waals surface area contributed by atoms with E-state index in [1.54, 1.807) is 0 Å². The van der Waals surface area contributed by atoms with Crippen LogP contribution in [0.15, 0.2) is 72.8 Å². The normalized spacial score (nSPS) is 9.78. The van der Waals surface area contributed by atoms with E-state index in [0.29, 0.717) is 0 Å². The monoisotopic (exact) mass is 333 g/mol. The molecule has 0 N–H and O–H groups in total. The van der Waals surface area contributed by atoms with Crippen molar-refractivity contribution in [2.45, 2.75) is 6.92 Å². The van der Waals surface area contributed by atoms with Crippen LogP contribution < -0.4 is 0 Å². The quantitative estimate of drug-likeness (QED) is 0.272. The molecule has 1 radical (unpaired) electrons. The smallest absolute Gasteiger partial charge is 0.358 e. The van der Waals surface area contributed by atoms with E-state index in [1.165, 1.54) is 38.2 Å². The van der Waals surface area contributed by atoms with E-state index in [0.717, 1.165) is 0 Å². The molecule has 4 aromatic carbocycles. The second-order valence-corrected chi connectivity index (χ2v) is 5.37. The number of rotatable bonds is 1. The maximum atomic E-state index is 2.28. The molecule has 0 aliphatic heterocycles. The first-order valence-electron chi connectivity index (χ1n) is 6.97. The van der Waals surface area contributed by atoms with Gasteiger partial charge in [-0.15, -0.1) is 34.5 Å². The van der Waals surface area contributed by atoms with E-state index in [1.807, 2.05) is 0 Å². The summed E-state index contributed by atoms with van der Waals surface area (Å²) in [6.45, 7) is 2.16. The molecule has 0 amide bonds. The molecule has 0 spiro atoms. The molecule has 0 unspecified atom stereocenters. The summed E-state index contributed by atoms with van der Waals surface area (Å²) in [5.74, 6) is 0. The molecule has 23 heavy (non-hydrogen) atoms. The Bertz CT molecular complexity index is 910. The van der Waals surface area contributed by atoms with E-state index in [2.05, 4.69) is 79.7 Å². The average Bonchev–Trinajstić information content (AvgIpc) is 2.87. The predicted octanol–water partition coefficient (Wildman–Crippen LogP) is 6.59. The van der Waals surface area contributed by atoms with Gasteiger partial charge >= 0.3 is 21.7 Å². The van der Waals surface area contributed by atoms with Crippen molar-refractivity contribution in [3.8, 4) is 11.1 Å². The second-order valence-electron chi connectivity index (χ2n) is 5.37. The molecule has 0 bridgehead atoms. The first kappa shape index (κ1) is 19.3. The second kappa shape index (κ2) is 7.68. The van der Waals surface area contributed by atoms with Crippen molar-refractivity contribution < 1.29 is 21.7 Å². The third-order valence-electron chi connectivity index (χ3n) is 3.97. The van der Waals surface area contributed by atoms with Crippen molar-refractivity contribution in [2.24, 2.45) is 0 Å². The number of aryl methyl sites for hydroxylation is 1. The van der Waals surface area contributed by atoms with Crippen molar-refractivity contribution in [3.63, 3.8) is 0 Å². The molecule has 0 aliphatic carbocycles. The zero-order chi connectivity index (χ0) is 13.5. The van der Waals surface area contributed by atoms with E-state index < -0.39 is 0 Å². The van der Waals surface area contributed by atoms with Crippen molar-refractivity contribution in [2.75, 3.05) is 0 Å². The summed E-state index contributed by atoms with van der Waals surface area (Å²) in [5.41, 5.74) is 3.97. The van der Waals surface area contributed by atoms with Gasteiger partial charge < -0.3 is 14.9 Å². The maximum absolute atomic E-state index is 2.28. The summed E-state index contributed by atoms with van der Waals surface area (Å²) in [5, 5.41) is 5.29. The molecule has 4 rings (SSSR count). The van der Waals surface area contributed by atoms with Crippen LogP contribution in [0.3, 0.4) is 0 Å². The van der Waals surface area contributed by atoms with Gasteiger partial charge in [-0.05, 0) is 16.3 Å². The van der Waals surface area contributed by atoms with Crippen molar-refractivity contribution in [1.29, 1.82) is 0 Å². The Morgan fingerprint density at radius 2 is 1.30 bits per heavy atom. The van der Waals surface area contributed by atoms with E-state index in [4.69, 9.17) is 0 Å². The third kappa shape index (κ3) is 3.29. The van der Waals surface area contributed by atoms with Gasteiger partial charge in [-0.25, -0.2) is 0 Å². The summed E-state index contributed by atoms with van der Waals surface area (Å²) < 4.78 is 0. The van der Waals surface area contributed by atoms with Crippen molar-refractivity contribution >= 4 is 21.5 Å². The van der Waals surface area contributed by atoms with Crippen LogP contribution in [0.2, 0.25) is 0 Å². The molecule has 0 saturated heterocycles. The van der Waals surface area contributed by atoms with Crippen molar-refractivity contribution in [3.05, 3.63) is 93.2 Å². The van der Waals surface area contributed by atoms with E-state index in [9.17, 15) is 0 Å². The molecular formula is C22H21Ti. The molecule has 0 nitrogen and oxygen atoms in total. The minimum atomic E-state index is 0. The Kier molecular flexibility index (Phi) is 6.44. The minimum Gasteiger partial charge on any atom is -0.358 e. The molecular weight excluding hydrogens is 312 g/mol. The van der Waals surface area contributed by atoms with Gasteiger partial charge in [0.05, 0.1) is 0 Å². The average molecular weight is 333 g/mol. The van der Waals surface area contributed by atoms with Crippen LogP contribution in [0, 0.1) is 21.8 Å². The fourth-order valence-corrected chi connectivity index (χ4v) is 3.08. The van der Waals surface area contributed by atoms with Gasteiger partial charge in [-0.3, -0.25) is 0 Å². The molecule has 0 aromatic heterocycles. The van der Waals surface area contributed by atoms with Crippen LogP contribution in [0.5, 0.6) is 0 Å². The summed E-state index contributed by atoms with van der Waals surface area (Å²) in [7, 11) is 0. The van der Waals surface area contributed by atoms with Crippen LogP contribution in [0.4, 0.5) is 0 Å². The number of benzene rings is 3. The van der Waals surface area contributed by atoms with Gasteiger partial charge in [0.15, 0.2) is 0 Å². The van der Waals surface area contributed by atoms with Gasteiger partial charge in [-0.2, -0.15) is 6.07 Å². The van der Waals surface area contributed by atoms with E-state index in [-0.39, 0.29) is 36.6 Å². The topological polar surface area (TPSA) is 0 Å². The largest absolute Gasteiger partial charge is 3.00 e. The molecule has 0 atom stereocenters. The zero-order valence-electron chi connectivity index (χ0n) is 13.9. The van der Waals surface area contributed by atoms with Crippen LogP contribution in [0.1, 0.15) is 5.56 Å². The van der Waals surface area contributed by atoms with Crippen LogP contribution >= 0.6 is 0 Å². The molecule has 1 heteroatoms. The SMILES string of the molecule is Cc1cc2c(-c3cccc4ccccc34)cccc2[cH-]1.[CH3-].[CH3-].[Ti+3]. The summed E-state index contributed by atoms with van der Waals surface area (Å²) in [4.78, 5) is 0. The fraction of sp³-hybridized carbons (Fsp3) is 0.0455. The van der Waals surface area contributed by atoms with Gasteiger partial charge in [0.2, 0.25) is 0 Å². The van der Waals surface area contributed by atoms with Gasteiger partial charge in [0.1, 0.15) is 0 Å². The van der Waals surface area contributed by atoms with E-state index >= 15 is 0 Å². The van der Waals surface area contributed by atoms with Crippen molar-refractivity contribution in [1.82, 2.24) is 0 Å².